The Labute approximate surface area is 235 Å². The number of benzene rings is 1. The van der Waals surface area contributed by atoms with E-state index < -0.39 is 0 Å². The van der Waals surface area contributed by atoms with Gasteiger partial charge in [0.2, 0.25) is 5.95 Å². The molecule has 1 unspecified atom stereocenters. The molecule has 1 aromatic carbocycles. The van der Waals surface area contributed by atoms with Crippen LogP contribution < -0.4 is 25.7 Å². The van der Waals surface area contributed by atoms with Gasteiger partial charge in [-0.3, -0.25) is 14.3 Å². The van der Waals surface area contributed by atoms with Crippen LogP contribution in [0.4, 0.5) is 11.6 Å². The fraction of sp³-hybridized carbons (Fsp3) is 0.276. The van der Waals surface area contributed by atoms with E-state index in [0.29, 0.717) is 23.6 Å². The summed E-state index contributed by atoms with van der Waals surface area (Å²) < 4.78 is 17.8. The Morgan fingerprint density at radius 2 is 2.00 bits per heavy atom. The van der Waals surface area contributed by atoms with Crippen molar-refractivity contribution in [2.24, 2.45) is 0 Å². The Morgan fingerprint density at radius 1 is 1.15 bits per heavy atom. The van der Waals surface area contributed by atoms with Crippen LogP contribution in [0.15, 0.2) is 72.0 Å². The second-order valence-corrected chi connectivity index (χ2v) is 10.3. The van der Waals surface area contributed by atoms with Crippen LogP contribution in [-0.2, 0) is 6.54 Å². The molecule has 10 nitrogen and oxygen atoms in total. The summed E-state index contributed by atoms with van der Waals surface area (Å²) in [5.74, 6) is 1.47. The zero-order chi connectivity index (χ0) is 27.3. The molecule has 0 spiro atoms. The largest absolute Gasteiger partial charge is 0.489 e. The lowest BCUT2D eigenvalue weighted by atomic mass is 10.1. The van der Waals surface area contributed by atoms with Crippen molar-refractivity contribution in [3.05, 3.63) is 83.2 Å². The summed E-state index contributed by atoms with van der Waals surface area (Å²) in [6.07, 6.45) is 9.34. The molecule has 0 saturated carbocycles. The van der Waals surface area contributed by atoms with Gasteiger partial charge in [0.05, 0.1) is 18.0 Å². The fourth-order valence-corrected chi connectivity index (χ4v) is 5.50. The predicted molar refractivity (Wildman–Crippen MR) is 156 cm³/mol. The first-order valence-corrected chi connectivity index (χ1v) is 14.1. The number of anilines is 2. The van der Waals surface area contributed by atoms with E-state index in [1.807, 2.05) is 43.3 Å². The van der Waals surface area contributed by atoms with E-state index >= 15 is 0 Å². The Balaban J connectivity index is 1.30. The monoisotopic (exact) mass is 555 g/mol. The van der Waals surface area contributed by atoms with Crippen molar-refractivity contribution >= 4 is 34.2 Å². The molecule has 5 heterocycles. The number of piperidine rings is 1. The van der Waals surface area contributed by atoms with Gasteiger partial charge in [-0.25, -0.2) is 9.36 Å². The molecule has 1 atom stereocenters. The number of hydrogen-bond acceptors (Lipinski definition) is 10. The van der Waals surface area contributed by atoms with Gasteiger partial charge in [-0.2, -0.15) is 4.98 Å². The first-order valence-electron chi connectivity index (χ1n) is 13.3. The predicted octanol–water partition coefficient (Wildman–Crippen LogP) is 4.63. The van der Waals surface area contributed by atoms with Crippen LogP contribution in [-0.4, -0.2) is 49.7 Å². The molecule has 11 heteroatoms. The normalized spacial score (nSPS) is 15.2. The molecule has 6 rings (SSSR count). The molecule has 4 aromatic heterocycles. The van der Waals surface area contributed by atoms with E-state index in [1.54, 1.807) is 35.4 Å². The van der Waals surface area contributed by atoms with Crippen molar-refractivity contribution in [2.75, 3.05) is 25.0 Å². The maximum Gasteiger partial charge on any atom is 0.294 e. The summed E-state index contributed by atoms with van der Waals surface area (Å²) in [6.45, 7) is 4.42. The Morgan fingerprint density at radius 3 is 2.77 bits per heavy atom. The van der Waals surface area contributed by atoms with Crippen molar-refractivity contribution in [1.29, 1.82) is 0 Å². The molecule has 0 aliphatic carbocycles. The second kappa shape index (κ2) is 11.8. The van der Waals surface area contributed by atoms with Crippen LogP contribution in [0.25, 0.3) is 21.5 Å². The van der Waals surface area contributed by atoms with Crippen LogP contribution in [0.1, 0.15) is 25.3 Å². The number of aromatic nitrogens is 5. The highest BCUT2D eigenvalue weighted by Gasteiger charge is 2.17. The van der Waals surface area contributed by atoms with E-state index in [2.05, 4.69) is 25.0 Å². The number of hydrogen-bond donors (Lipinski definition) is 2. The minimum Gasteiger partial charge on any atom is -0.489 e. The van der Waals surface area contributed by atoms with Gasteiger partial charge in [-0.15, -0.1) is 0 Å². The van der Waals surface area contributed by atoms with Crippen molar-refractivity contribution in [1.82, 2.24) is 29.2 Å². The summed E-state index contributed by atoms with van der Waals surface area (Å²) in [5.41, 5.74) is 2.96. The van der Waals surface area contributed by atoms with E-state index in [0.717, 1.165) is 53.4 Å². The van der Waals surface area contributed by atoms with Gasteiger partial charge < -0.3 is 20.1 Å². The van der Waals surface area contributed by atoms with E-state index in [4.69, 9.17) is 14.5 Å². The quantitative estimate of drug-likeness (QED) is 0.268. The summed E-state index contributed by atoms with van der Waals surface area (Å²) >= 11 is 1.38. The number of nitrogens with one attached hydrogen (secondary N) is 2. The van der Waals surface area contributed by atoms with Gasteiger partial charge in [0.15, 0.2) is 5.75 Å². The Kier molecular flexibility index (Phi) is 7.64. The van der Waals surface area contributed by atoms with Crippen molar-refractivity contribution in [2.45, 2.75) is 32.4 Å². The first kappa shape index (κ1) is 25.9. The fourth-order valence-electron chi connectivity index (χ4n) is 4.74. The van der Waals surface area contributed by atoms with Crippen molar-refractivity contribution in [3.8, 4) is 21.9 Å². The molecule has 0 amide bonds. The van der Waals surface area contributed by atoms with Crippen LogP contribution in [0, 0.1) is 0 Å². The zero-order valence-electron chi connectivity index (χ0n) is 22.0. The Bertz CT molecular complexity index is 1650. The highest BCUT2D eigenvalue weighted by molar-refractivity contribution is 7.09. The standard InChI is InChI=1S/C29H29N7O3S/c1-2-38-25-14-20-15-32-29(34-22-5-7-23(8-6-22)39-24-4-3-11-31-17-24)35-27(20)36(28(25)37)18-21-16-33-40-26(21)19-9-12-30-13-10-19/h5-10,12-16,24,31H,2-4,11,17-18H2,1H3,(H,32,34,35). The average molecular weight is 556 g/mol. The number of fused-ring (bicyclic) bond motifs is 1. The third-order valence-corrected chi connectivity index (χ3v) is 7.57. The van der Waals surface area contributed by atoms with E-state index in [-0.39, 0.29) is 24.0 Å². The highest BCUT2D eigenvalue weighted by atomic mass is 32.1. The lowest BCUT2D eigenvalue weighted by Gasteiger charge is -2.24. The summed E-state index contributed by atoms with van der Waals surface area (Å²) in [6, 6.07) is 13.3. The zero-order valence-corrected chi connectivity index (χ0v) is 22.9. The summed E-state index contributed by atoms with van der Waals surface area (Å²) in [7, 11) is 0. The van der Waals surface area contributed by atoms with E-state index in [1.165, 1.54) is 11.5 Å². The van der Waals surface area contributed by atoms with Gasteiger partial charge in [0.25, 0.3) is 5.56 Å². The van der Waals surface area contributed by atoms with Crippen LogP contribution in [0.5, 0.6) is 11.5 Å². The van der Waals surface area contributed by atoms with Gasteiger partial charge in [0.1, 0.15) is 17.5 Å². The Hall–Kier alpha value is -4.35. The molecule has 1 aliphatic heterocycles. The molecule has 1 saturated heterocycles. The lowest BCUT2D eigenvalue weighted by molar-refractivity contribution is 0.167. The molecule has 1 fully saturated rings. The van der Waals surface area contributed by atoms with Crippen molar-refractivity contribution < 1.29 is 9.47 Å². The van der Waals surface area contributed by atoms with Crippen LogP contribution >= 0.6 is 11.5 Å². The molecule has 0 radical (unpaired) electrons. The molecule has 0 bridgehead atoms. The molecule has 204 valence electrons. The topological polar surface area (TPSA) is 116 Å². The smallest absolute Gasteiger partial charge is 0.294 e. The molecule has 1 aliphatic rings. The van der Waals surface area contributed by atoms with Gasteiger partial charge in [-0.05, 0) is 85.9 Å². The van der Waals surface area contributed by atoms with Gasteiger partial charge in [0, 0.05) is 48.0 Å². The van der Waals surface area contributed by atoms with Gasteiger partial charge in [-0.1, -0.05) is 0 Å². The van der Waals surface area contributed by atoms with E-state index in [9.17, 15) is 4.79 Å². The minimum absolute atomic E-state index is 0.187. The van der Waals surface area contributed by atoms with Crippen LogP contribution in [0.2, 0.25) is 0 Å². The molecular weight excluding hydrogens is 526 g/mol. The third-order valence-electron chi connectivity index (χ3n) is 6.67. The number of rotatable bonds is 9. The molecule has 40 heavy (non-hydrogen) atoms. The molecule has 5 aromatic rings. The lowest BCUT2D eigenvalue weighted by Crippen LogP contribution is -2.37. The van der Waals surface area contributed by atoms with Gasteiger partial charge >= 0.3 is 0 Å². The average Bonchev–Trinajstić information content (AvgIpc) is 3.46. The van der Waals surface area contributed by atoms with Crippen LogP contribution in [0.3, 0.4) is 0 Å². The SMILES string of the molecule is CCOc1cc2cnc(Nc3ccc(OC4CCCNC4)cc3)nc2n(Cc2cnsc2-c2ccncc2)c1=O. The number of ether oxygens (including phenoxy) is 2. The number of pyridine rings is 2. The summed E-state index contributed by atoms with van der Waals surface area (Å²) in [5, 5.41) is 7.32. The highest BCUT2D eigenvalue weighted by Crippen LogP contribution is 2.29. The summed E-state index contributed by atoms with van der Waals surface area (Å²) in [4.78, 5) is 27.9. The molecule has 2 N–H and O–H groups in total. The molecular formula is C29H29N7O3S. The maximum absolute atomic E-state index is 13.5. The third kappa shape index (κ3) is 5.65. The maximum atomic E-state index is 13.5. The first-order chi connectivity index (χ1) is 19.7. The number of nitrogens with zero attached hydrogens (tertiary/aromatic N) is 5. The second-order valence-electron chi connectivity index (χ2n) is 9.46. The minimum atomic E-state index is -0.260. The van der Waals surface area contributed by atoms with Crippen molar-refractivity contribution in [3.63, 3.8) is 0 Å².